The molecule has 0 unspecified atom stereocenters. The Morgan fingerprint density at radius 3 is 2.44 bits per heavy atom. The highest BCUT2D eigenvalue weighted by Crippen LogP contribution is 2.21. The summed E-state index contributed by atoms with van der Waals surface area (Å²) in [5.74, 6) is -0.00287. The molecule has 0 bridgehead atoms. The number of hydrogen-bond donors (Lipinski definition) is 1. The van der Waals surface area contributed by atoms with E-state index >= 15 is 0 Å². The van der Waals surface area contributed by atoms with E-state index in [1.807, 2.05) is 31.2 Å². The first kappa shape index (κ1) is 12.3. The van der Waals surface area contributed by atoms with Gasteiger partial charge in [-0.3, -0.25) is 4.79 Å². The fourth-order valence-corrected chi connectivity index (χ4v) is 1.48. The maximum absolute atomic E-state index is 10.5. The van der Waals surface area contributed by atoms with Gasteiger partial charge in [-0.1, -0.05) is 25.1 Å². The Morgan fingerprint density at radius 1 is 1.38 bits per heavy atom. The van der Waals surface area contributed by atoms with Crippen LogP contribution in [0.3, 0.4) is 0 Å². The molecule has 0 aliphatic heterocycles. The molecule has 0 spiro atoms. The molecule has 3 heteroatoms. The summed E-state index contributed by atoms with van der Waals surface area (Å²) in [6.45, 7) is 2.01. The Labute approximate surface area is 95.4 Å². The first-order chi connectivity index (χ1) is 7.67. The highest BCUT2D eigenvalue weighted by atomic mass is 16.5. The van der Waals surface area contributed by atoms with Gasteiger partial charge in [0.2, 0.25) is 0 Å². The van der Waals surface area contributed by atoms with E-state index in [9.17, 15) is 4.79 Å². The monoisotopic (exact) mass is 220 g/mol. The summed E-state index contributed by atoms with van der Waals surface area (Å²) in [4.78, 5) is 10.5. The van der Waals surface area contributed by atoms with Crippen LogP contribution in [0.2, 0.25) is 0 Å². The van der Waals surface area contributed by atoms with Gasteiger partial charge >= 0.3 is 5.97 Å². The van der Waals surface area contributed by atoms with Crippen molar-refractivity contribution in [3.63, 3.8) is 0 Å². The van der Waals surface area contributed by atoms with Crippen LogP contribution in [0.25, 0.3) is 5.57 Å². The zero-order chi connectivity index (χ0) is 12.0. The molecule has 3 nitrogen and oxygen atoms in total. The predicted octanol–water partition coefficient (Wildman–Crippen LogP) is 2.96. The van der Waals surface area contributed by atoms with E-state index in [1.54, 1.807) is 13.2 Å². The van der Waals surface area contributed by atoms with Crippen molar-refractivity contribution in [3.05, 3.63) is 35.9 Å². The summed E-state index contributed by atoms with van der Waals surface area (Å²) in [6.07, 6.45) is 2.64. The van der Waals surface area contributed by atoms with Crippen LogP contribution in [0.1, 0.15) is 25.3 Å². The number of benzene rings is 1. The average molecular weight is 220 g/mol. The van der Waals surface area contributed by atoms with Crippen molar-refractivity contribution in [2.75, 3.05) is 7.11 Å². The lowest BCUT2D eigenvalue weighted by Crippen LogP contribution is -1.92. The smallest absolute Gasteiger partial charge is 0.307 e. The van der Waals surface area contributed by atoms with E-state index in [2.05, 4.69) is 0 Å². The van der Waals surface area contributed by atoms with Gasteiger partial charge in [-0.2, -0.15) is 0 Å². The van der Waals surface area contributed by atoms with Crippen molar-refractivity contribution in [1.82, 2.24) is 0 Å². The molecule has 0 aromatic heterocycles. The Bertz CT molecular complexity index is 377. The van der Waals surface area contributed by atoms with Crippen LogP contribution >= 0.6 is 0 Å². The van der Waals surface area contributed by atoms with Gasteiger partial charge in [-0.25, -0.2) is 0 Å². The molecule has 16 heavy (non-hydrogen) atoms. The van der Waals surface area contributed by atoms with Gasteiger partial charge in [0.1, 0.15) is 5.75 Å². The summed E-state index contributed by atoms with van der Waals surface area (Å²) in [6, 6.07) is 7.63. The number of allylic oxidation sites excluding steroid dienone is 1. The standard InChI is InChI=1S/C13H16O3/c1-3-10(6-9-13(14)15)11-4-7-12(16-2)8-5-11/h4-8H,3,9H2,1-2H3,(H,14,15)/b10-6+. The van der Waals surface area contributed by atoms with Crippen molar-refractivity contribution in [1.29, 1.82) is 0 Å². The lowest BCUT2D eigenvalue weighted by molar-refractivity contribution is -0.135. The van der Waals surface area contributed by atoms with Crippen LogP contribution in [0, 0.1) is 0 Å². The third-order valence-electron chi connectivity index (χ3n) is 2.36. The molecule has 1 rings (SSSR count). The molecule has 86 valence electrons. The van der Waals surface area contributed by atoms with Gasteiger partial charge < -0.3 is 9.84 Å². The second kappa shape index (κ2) is 5.95. The number of ether oxygens (including phenoxy) is 1. The fraction of sp³-hybridized carbons (Fsp3) is 0.308. The maximum Gasteiger partial charge on any atom is 0.307 e. The minimum absolute atomic E-state index is 0.0647. The van der Waals surface area contributed by atoms with Crippen LogP contribution in [0.5, 0.6) is 5.75 Å². The van der Waals surface area contributed by atoms with Gasteiger partial charge in [0.05, 0.1) is 13.5 Å². The quantitative estimate of drug-likeness (QED) is 0.829. The molecule has 0 aliphatic carbocycles. The maximum atomic E-state index is 10.5. The molecule has 0 saturated heterocycles. The van der Waals surface area contributed by atoms with Gasteiger partial charge in [0.15, 0.2) is 0 Å². The second-order valence-corrected chi connectivity index (χ2v) is 3.41. The number of carboxylic acid groups (broad SMARTS) is 1. The summed E-state index contributed by atoms with van der Waals surface area (Å²) >= 11 is 0. The Balaban J connectivity index is 2.86. The minimum atomic E-state index is -0.806. The zero-order valence-corrected chi connectivity index (χ0v) is 9.56. The lowest BCUT2D eigenvalue weighted by atomic mass is 10.0. The van der Waals surface area contributed by atoms with Crippen molar-refractivity contribution in [2.45, 2.75) is 19.8 Å². The summed E-state index contributed by atoms with van der Waals surface area (Å²) in [5, 5.41) is 8.62. The van der Waals surface area contributed by atoms with Crippen molar-refractivity contribution < 1.29 is 14.6 Å². The second-order valence-electron chi connectivity index (χ2n) is 3.41. The van der Waals surface area contributed by atoms with E-state index in [1.165, 1.54) is 0 Å². The number of methoxy groups -OCH3 is 1. The predicted molar refractivity (Wildman–Crippen MR) is 63.5 cm³/mol. The average Bonchev–Trinajstić information content (AvgIpc) is 2.30. The van der Waals surface area contributed by atoms with Crippen LogP contribution in [-0.2, 0) is 4.79 Å². The van der Waals surface area contributed by atoms with Gasteiger partial charge in [0.25, 0.3) is 0 Å². The lowest BCUT2D eigenvalue weighted by Gasteiger charge is -2.06. The molecule has 1 N–H and O–H groups in total. The van der Waals surface area contributed by atoms with Crippen LogP contribution in [0.4, 0.5) is 0 Å². The summed E-state index contributed by atoms with van der Waals surface area (Å²) in [5.41, 5.74) is 2.09. The molecule has 0 radical (unpaired) electrons. The highest BCUT2D eigenvalue weighted by molar-refractivity contribution is 5.74. The van der Waals surface area contributed by atoms with Gasteiger partial charge in [0, 0.05) is 0 Å². The highest BCUT2D eigenvalue weighted by Gasteiger charge is 2.01. The third-order valence-corrected chi connectivity index (χ3v) is 2.36. The molecule has 0 aliphatic rings. The molecular formula is C13H16O3. The van der Waals surface area contributed by atoms with Gasteiger partial charge in [-0.15, -0.1) is 0 Å². The van der Waals surface area contributed by atoms with E-state index in [-0.39, 0.29) is 6.42 Å². The number of aliphatic carboxylic acids is 1. The molecule has 0 fully saturated rings. The molecule has 0 amide bonds. The first-order valence-electron chi connectivity index (χ1n) is 5.22. The van der Waals surface area contributed by atoms with Crippen LogP contribution in [-0.4, -0.2) is 18.2 Å². The number of carboxylic acids is 1. The van der Waals surface area contributed by atoms with E-state index in [0.29, 0.717) is 0 Å². The van der Waals surface area contributed by atoms with Crippen LogP contribution < -0.4 is 4.74 Å². The summed E-state index contributed by atoms with van der Waals surface area (Å²) in [7, 11) is 1.62. The Morgan fingerprint density at radius 2 is 2.00 bits per heavy atom. The topological polar surface area (TPSA) is 46.5 Å². The zero-order valence-electron chi connectivity index (χ0n) is 9.56. The third kappa shape index (κ3) is 3.42. The largest absolute Gasteiger partial charge is 0.497 e. The number of carbonyl (C=O) groups is 1. The van der Waals surface area contributed by atoms with E-state index < -0.39 is 5.97 Å². The fourth-order valence-electron chi connectivity index (χ4n) is 1.48. The van der Waals surface area contributed by atoms with Crippen molar-refractivity contribution in [3.8, 4) is 5.75 Å². The molecular weight excluding hydrogens is 204 g/mol. The normalized spacial score (nSPS) is 11.2. The molecule has 0 heterocycles. The van der Waals surface area contributed by atoms with Gasteiger partial charge in [-0.05, 0) is 29.7 Å². The Hall–Kier alpha value is -1.77. The van der Waals surface area contributed by atoms with Crippen molar-refractivity contribution in [2.24, 2.45) is 0 Å². The molecule has 0 atom stereocenters. The SMILES string of the molecule is CC/C(=C\CC(=O)O)c1ccc(OC)cc1. The first-order valence-corrected chi connectivity index (χ1v) is 5.22. The molecule has 0 saturated carbocycles. The summed E-state index contributed by atoms with van der Waals surface area (Å²) < 4.78 is 5.07. The minimum Gasteiger partial charge on any atom is -0.497 e. The Kier molecular flexibility index (Phi) is 4.58. The number of hydrogen-bond acceptors (Lipinski definition) is 2. The van der Waals surface area contributed by atoms with Crippen molar-refractivity contribution >= 4 is 11.5 Å². The van der Waals surface area contributed by atoms with Crippen LogP contribution in [0.15, 0.2) is 30.3 Å². The molecule has 1 aromatic carbocycles. The van der Waals surface area contributed by atoms with E-state index in [0.717, 1.165) is 23.3 Å². The molecule has 1 aromatic rings. The number of rotatable bonds is 5. The van der Waals surface area contributed by atoms with E-state index in [4.69, 9.17) is 9.84 Å².